The zero-order valence-corrected chi connectivity index (χ0v) is 12.2. The maximum absolute atomic E-state index is 12.2. The summed E-state index contributed by atoms with van der Waals surface area (Å²) in [4.78, 5) is 12.2. The standard InChI is InChI=1S/C16H17ClN2O/c1-10-5-3-4-6-13(10)11(2)19-16(20)12-7-8-14(17)15(18)9-12/h3-9,11H,18H2,1-2H3,(H,19,20)/t11-/m0/s1. The average Bonchev–Trinajstić information content (AvgIpc) is 2.42. The Morgan fingerprint density at radius 1 is 1.25 bits per heavy atom. The van der Waals surface area contributed by atoms with Crippen molar-refractivity contribution in [3.8, 4) is 0 Å². The molecule has 104 valence electrons. The van der Waals surface area contributed by atoms with Gasteiger partial charge in [0.05, 0.1) is 16.8 Å². The van der Waals surface area contributed by atoms with Crippen molar-refractivity contribution >= 4 is 23.2 Å². The number of nitrogen functional groups attached to an aromatic ring is 1. The van der Waals surface area contributed by atoms with Crippen LogP contribution in [0.1, 0.15) is 34.5 Å². The molecule has 0 radical (unpaired) electrons. The molecule has 1 atom stereocenters. The number of aryl methyl sites for hydroxylation is 1. The first kappa shape index (κ1) is 14.4. The highest BCUT2D eigenvalue weighted by atomic mass is 35.5. The first-order chi connectivity index (χ1) is 9.49. The van der Waals surface area contributed by atoms with Crippen molar-refractivity contribution in [3.05, 3.63) is 64.2 Å². The third-order valence-corrected chi connectivity index (χ3v) is 3.60. The lowest BCUT2D eigenvalue weighted by Gasteiger charge is -2.16. The average molecular weight is 289 g/mol. The van der Waals surface area contributed by atoms with E-state index in [-0.39, 0.29) is 11.9 Å². The van der Waals surface area contributed by atoms with Gasteiger partial charge in [-0.05, 0) is 43.2 Å². The number of amides is 1. The summed E-state index contributed by atoms with van der Waals surface area (Å²) in [6, 6.07) is 12.8. The summed E-state index contributed by atoms with van der Waals surface area (Å²) < 4.78 is 0. The quantitative estimate of drug-likeness (QED) is 0.846. The summed E-state index contributed by atoms with van der Waals surface area (Å²) in [5, 5.41) is 3.41. The van der Waals surface area contributed by atoms with Crippen LogP contribution in [0.5, 0.6) is 0 Å². The van der Waals surface area contributed by atoms with E-state index in [1.54, 1.807) is 18.2 Å². The van der Waals surface area contributed by atoms with Crippen LogP contribution >= 0.6 is 11.6 Å². The molecule has 0 saturated heterocycles. The molecule has 0 aliphatic heterocycles. The van der Waals surface area contributed by atoms with Crippen LogP contribution in [-0.2, 0) is 0 Å². The molecule has 0 aliphatic carbocycles. The van der Waals surface area contributed by atoms with Gasteiger partial charge in [0.1, 0.15) is 0 Å². The summed E-state index contributed by atoms with van der Waals surface area (Å²) in [5.74, 6) is -0.163. The first-order valence-corrected chi connectivity index (χ1v) is 6.78. The van der Waals surface area contributed by atoms with Gasteiger partial charge in [0, 0.05) is 5.56 Å². The second-order valence-corrected chi connectivity index (χ2v) is 5.20. The second kappa shape index (κ2) is 5.97. The van der Waals surface area contributed by atoms with Crippen molar-refractivity contribution in [2.75, 3.05) is 5.73 Å². The summed E-state index contributed by atoms with van der Waals surface area (Å²) in [7, 11) is 0. The van der Waals surface area contributed by atoms with Crippen molar-refractivity contribution in [2.45, 2.75) is 19.9 Å². The molecule has 0 spiro atoms. The van der Waals surface area contributed by atoms with Gasteiger partial charge in [0.2, 0.25) is 0 Å². The molecule has 0 unspecified atom stereocenters. The number of nitrogens with two attached hydrogens (primary N) is 1. The predicted octanol–water partition coefficient (Wildman–Crippen LogP) is 3.72. The maximum atomic E-state index is 12.2. The third-order valence-electron chi connectivity index (χ3n) is 3.26. The number of hydrogen-bond acceptors (Lipinski definition) is 2. The monoisotopic (exact) mass is 288 g/mol. The molecule has 0 bridgehead atoms. The Kier molecular flexibility index (Phi) is 4.30. The lowest BCUT2D eigenvalue weighted by Crippen LogP contribution is -2.27. The molecule has 0 aliphatic rings. The molecule has 0 aromatic heterocycles. The highest BCUT2D eigenvalue weighted by molar-refractivity contribution is 6.33. The van der Waals surface area contributed by atoms with Crippen LogP contribution in [-0.4, -0.2) is 5.91 Å². The number of carbonyl (C=O) groups is 1. The number of carbonyl (C=O) groups excluding carboxylic acids is 1. The SMILES string of the molecule is Cc1ccccc1[C@H](C)NC(=O)c1ccc(Cl)c(N)c1. The normalized spacial score (nSPS) is 11.9. The highest BCUT2D eigenvalue weighted by Gasteiger charge is 2.13. The van der Waals surface area contributed by atoms with Crippen LogP contribution in [0, 0.1) is 6.92 Å². The van der Waals surface area contributed by atoms with Gasteiger partial charge in [-0.3, -0.25) is 4.79 Å². The van der Waals surface area contributed by atoms with Gasteiger partial charge in [-0.2, -0.15) is 0 Å². The fraction of sp³-hybridized carbons (Fsp3) is 0.188. The van der Waals surface area contributed by atoms with Crippen LogP contribution < -0.4 is 11.1 Å². The fourth-order valence-corrected chi connectivity index (χ4v) is 2.23. The lowest BCUT2D eigenvalue weighted by molar-refractivity contribution is 0.0940. The molecule has 0 saturated carbocycles. The van der Waals surface area contributed by atoms with E-state index in [0.29, 0.717) is 16.3 Å². The highest BCUT2D eigenvalue weighted by Crippen LogP contribution is 2.21. The van der Waals surface area contributed by atoms with E-state index in [0.717, 1.165) is 11.1 Å². The van der Waals surface area contributed by atoms with Crippen LogP contribution in [0.3, 0.4) is 0 Å². The Labute approximate surface area is 123 Å². The van der Waals surface area contributed by atoms with Crippen molar-refractivity contribution in [1.29, 1.82) is 0 Å². The zero-order chi connectivity index (χ0) is 14.7. The molecule has 4 heteroatoms. The fourth-order valence-electron chi connectivity index (χ4n) is 2.12. The molecule has 3 N–H and O–H groups in total. The van der Waals surface area contributed by atoms with E-state index >= 15 is 0 Å². The van der Waals surface area contributed by atoms with Crippen molar-refractivity contribution < 1.29 is 4.79 Å². The minimum absolute atomic E-state index is 0.0689. The Balaban J connectivity index is 2.15. The molecule has 2 aromatic carbocycles. The molecule has 2 aromatic rings. The van der Waals surface area contributed by atoms with Crippen LogP contribution in [0.2, 0.25) is 5.02 Å². The molecule has 0 fully saturated rings. The topological polar surface area (TPSA) is 55.1 Å². The van der Waals surface area contributed by atoms with E-state index in [4.69, 9.17) is 17.3 Å². The van der Waals surface area contributed by atoms with Crippen molar-refractivity contribution in [2.24, 2.45) is 0 Å². The van der Waals surface area contributed by atoms with Gasteiger partial charge in [-0.15, -0.1) is 0 Å². The molecular formula is C16H17ClN2O. The predicted molar refractivity (Wildman–Crippen MR) is 82.9 cm³/mol. The lowest BCUT2D eigenvalue weighted by atomic mass is 10.0. The van der Waals surface area contributed by atoms with E-state index in [1.165, 1.54) is 0 Å². The summed E-state index contributed by atoms with van der Waals surface area (Å²) in [6.07, 6.45) is 0. The molecular weight excluding hydrogens is 272 g/mol. The third kappa shape index (κ3) is 3.11. The number of hydrogen-bond donors (Lipinski definition) is 2. The van der Waals surface area contributed by atoms with E-state index in [1.807, 2.05) is 38.1 Å². The van der Waals surface area contributed by atoms with Crippen LogP contribution in [0.4, 0.5) is 5.69 Å². The van der Waals surface area contributed by atoms with E-state index < -0.39 is 0 Å². The van der Waals surface area contributed by atoms with Gasteiger partial charge < -0.3 is 11.1 Å². The first-order valence-electron chi connectivity index (χ1n) is 6.40. The Morgan fingerprint density at radius 3 is 2.60 bits per heavy atom. The van der Waals surface area contributed by atoms with Gasteiger partial charge in [-0.25, -0.2) is 0 Å². The minimum Gasteiger partial charge on any atom is -0.398 e. The maximum Gasteiger partial charge on any atom is 0.251 e. The van der Waals surface area contributed by atoms with E-state index in [2.05, 4.69) is 5.32 Å². The summed E-state index contributed by atoms with van der Waals surface area (Å²) in [5.41, 5.74) is 8.87. The van der Waals surface area contributed by atoms with Gasteiger partial charge in [-0.1, -0.05) is 35.9 Å². The molecule has 1 amide bonds. The van der Waals surface area contributed by atoms with E-state index in [9.17, 15) is 4.79 Å². The second-order valence-electron chi connectivity index (χ2n) is 4.79. The smallest absolute Gasteiger partial charge is 0.251 e. The van der Waals surface area contributed by atoms with Gasteiger partial charge in [0.25, 0.3) is 5.91 Å². The number of benzene rings is 2. The molecule has 0 heterocycles. The van der Waals surface area contributed by atoms with Crippen LogP contribution in [0.15, 0.2) is 42.5 Å². The summed E-state index contributed by atoms with van der Waals surface area (Å²) in [6.45, 7) is 3.98. The Hall–Kier alpha value is -2.00. The van der Waals surface area contributed by atoms with Gasteiger partial charge in [0.15, 0.2) is 0 Å². The molecule has 2 rings (SSSR count). The summed E-state index contributed by atoms with van der Waals surface area (Å²) >= 11 is 5.85. The Morgan fingerprint density at radius 2 is 1.95 bits per heavy atom. The number of rotatable bonds is 3. The van der Waals surface area contributed by atoms with Crippen molar-refractivity contribution in [3.63, 3.8) is 0 Å². The number of halogens is 1. The molecule has 20 heavy (non-hydrogen) atoms. The molecule has 3 nitrogen and oxygen atoms in total. The van der Waals surface area contributed by atoms with Crippen LogP contribution in [0.25, 0.3) is 0 Å². The number of anilines is 1. The largest absolute Gasteiger partial charge is 0.398 e. The van der Waals surface area contributed by atoms with Crippen molar-refractivity contribution in [1.82, 2.24) is 5.32 Å². The zero-order valence-electron chi connectivity index (χ0n) is 11.5. The minimum atomic E-state index is -0.163. The number of nitrogens with one attached hydrogen (secondary N) is 1. The van der Waals surface area contributed by atoms with Gasteiger partial charge >= 0.3 is 0 Å². The Bertz CT molecular complexity index is 640.